The van der Waals surface area contributed by atoms with Gasteiger partial charge in [0.1, 0.15) is 0 Å². The fourth-order valence-corrected chi connectivity index (χ4v) is 0.981. The Balaban J connectivity index is 2.11. The van der Waals surface area contributed by atoms with Crippen molar-refractivity contribution in [3.8, 4) is 0 Å². The van der Waals surface area contributed by atoms with Crippen molar-refractivity contribution in [3.05, 3.63) is 12.2 Å². The van der Waals surface area contributed by atoms with Gasteiger partial charge in [-0.25, -0.2) is 0 Å². The third-order valence-electron chi connectivity index (χ3n) is 1.52. The van der Waals surface area contributed by atoms with Gasteiger partial charge >= 0.3 is 0 Å². The van der Waals surface area contributed by atoms with Crippen LogP contribution in [0, 0.1) is 5.92 Å². The first-order chi connectivity index (χ1) is 3.79. The topological polar surface area (TPSA) is 26.0 Å². The summed E-state index contributed by atoms with van der Waals surface area (Å²) in [6.45, 7) is 2.06. The van der Waals surface area contributed by atoms with Gasteiger partial charge in [-0.15, -0.1) is 0 Å². The SMILES string of the molecule is CC(N)CC1C=CC1. The molecule has 1 heteroatoms. The maximum Gasteiger partial charge on any atom is 0.00161 e. The van der Waals surface area contributed by atoms with Crippen molar-refractivity contribution in [2.75, 3.05) is 0 Å². The minimum atomic E-state index is 0.380. The molecule has 0 aromatic heterocycles. The highest BCUT2D eigenvalue weighted by Crippen LogP contribution is 2.20. The van der Waals surface area contributed by atoms with Crippen molar-refractivity contribution >= 4 is 0 Å². The molecule has 2 atom stereocenters. The molecule has 2 unspecified atom stereocenters. The molecule has 0 bridgehead atoms. The Morgan fingerprint density at radius 3 is 2.62 bits per heavy atom. The molecule has 8 heavy (non-hydrogen) atoms. The molecule has 1 nitrogen and oxygen atoms in total. The third-order valence-corrected chi connectivity index (χ3v) is 1.52. The summed E-state index contributed by atoms with van der Waals surface area (Å²) >= 11 is 0. The van der Waals surface area contributed by atoms with Gasteiger partial charge in [-0.1, -0.05) is 12.2 Å². The summed E-state index contributed by atoms with van der Waals surface area (Å²) in [6.07, 6.45) is 6.86. The van der Waals surface area contributed by atoms with Crippen LogP contribution < -0.4 is 5.73 Å². The lowest BCUT2D eigenvalue weighted by Gasteiger charge is -2.18. The fourth-order valence-electron chi connectivity index (χ4n) is 0.981. The van der Waals surface area contributed by atoms with Gasteiger partial charge in [-0.2, -0.15) is 0 Å². The summed E-state index contributed by atoms with van der Waals surface area (Å²) in [6, 6.07) is 0.380. The molecule has 0 heterocycles. The molecule has 0 aromatic carbocycles. The second-order valence-electron chi connectivity index (χ2n) is 2.64. The first kappa shape index (κ1) is 5.83. The van der Waals surface area contributed by atoms with E-state index in [-0.39, 0.29) is 0 Å². The van der Waals surface area contributed by atoms with Crippen LogP contribution in [0.2, 0.25) is 0 Å². The molecule has 46 valence electrons. The van der Waals surface area contributed by atoms with Gasteiger partial charge in [0.15, 0.2) is 0 Å². The standard InChI is InChI=1S/C7H13N/c1-6(8)5-7-3-2-4-7/h2-3,6-7H,4-5,8H2,1H3. The predicted octanol–water partition coefficient (Wildman–Crippen LogP) is 1.30. The van der Waals surface area contributed by atoms with E-state index in [0.717, 1.165) is 12.3 Å². The number of allylic oxidation sites excluding steroid dienone is 2. The molecule has 0 aliphatic heterocycles. The molecule has 2 N–H and O–H groups in total. The zero-order chi connectivity index (χ0) is 5.98. The van der Waals surface area contributed by atoms with Gasteiger partial charge in [-0.05, 0) is 25.7 Å². The number of nitrogens with two attached hydrogens (primary N) is 1. The van der Waals surface area contributed by atoms with Crippen LogP contribution >= 0.6 is 0 Å². The molecular formula is C7H13N. The summed E-state index contributed by atoms with van der Waals surface area (Å²) in [4.78, 5) is 0. The Hall–Kier alpha value is -0.300. The number of rotatable bonds is 2. The van der Waals surface area contributed by atoms with Crippen LogP contribution in [-0.4, -0.2) is 6.04 Å². The lowest BCUT2D eigenvalue weighted by atomic mass is 9.89. The van der Waals surface area contributed by atoms with E-state index in [0.29, 0.717) is 6.04 Å². The van der Waals surface area contributed by atoms with E-state index in [1.165, 1.54) is 6.42 Å². The van der Waals surface area contributed by atoms with Crippen molar-refractivity contribution in [1.82, 2.24) is 0 Å². The Kier molecular flexibility index (Phi) is 1.69. The lowest BCUT2D eigenvalue weighted by molar-refractivity contribution is 0.501. The Morgan fingerprint density at radius 2 is 2.50 bits per heavy atom. The van der Waals surface area contributed by atoms with Gasteiger partial charge in [0.2, 0.25) is 0 Å². The molecule has 1 aliphatic carbocycles. The number of hydrogen-bond donors (Lipinski definition) is 1. The fraction of sp³-hybridized carbons (Fsp3) is 0.714. The highest BCUT2D eigenvalue weighted by atomic mass is 14.6. The van der Waals surface area contributed by atoms with E-state index in [2.05, 4.69) is 19.1 Å². The van der Waals surface area contributed by atoms with Crippen LogP contribution in [0.15, 0.2) is 12.2 Å². The molecule has 0 saturated carbocycles. The molecule has 0 aromatic rings. The molecule has 1 rings (SSSR count). The maximum atomic E-state index is 5.57. The van der Waals surface area contributed by atoms with Crippen LogP contribution in [0.3, 0.4) is 0 Å². The lowest BCUT2D eigenvalue weighted by Crippen LogP contribution is -2.20. The molecular weight excluding hydrogens is 98.1 g/mol. The van der Waals surface area contributed by atoms with Gasteiger partial charge in [0, 0.05) is 6.04 Å². The zero-order valence-electron chi connectivity index (χ0n) is 5.30. The summed E-state index contributed by atoms with van der Waals surface area (Å²) in [5.41, 5.74) is 5.57. The minimum absolute atomic E-state index is 0.380. The van der Waals surface area contributed by atoms with E-state index >= 15 is 0 Å². The van der Waals surface area contributed by atoms with E-state index in [9.17, 15) is 0 Å². The van der Waals surface area contributed by atoms with Crippen molar-refractivity contribution in [3.63, 3.8) is 0 Å². The van der Waals surface area contributed by atoms with Crippen LogP contribution in [0.25, 0.3) is 0 Å². The average molecular weight is 111 g/mol. The average Bonchev–Trinajstić information content (AvgIpc) is 1.55. The monoisotopic (exact) mass is 111 g/mol. The summed E-state index contributed by atoms with van der Waals surface area (Å²) in [5, 5.41) is 0. The van der Waals surface area contributed by atoms with E-state index in [4.69, 9.17) is 5.73 Å². The van der Waals surface area contributed by atoms with Gasteiger partial charge in [0.25, 0.3) is 0 Å². The molecule has 0 saturated heterocycles. The second kappa shape index (κ2) is 2.31. The number of hydrogen-bond acceptors (Lipinski definition) is 1. The Labute approximate surface area is 50.6 Å². The second-order valence-corrected chi connectivity index (χ2v) is 2.64. The summed E-state index contributed by atoms with van der Waals surface area (Å²) in [5.74, 6) is 0.801. The quantitative estimate of drug-likeness (QED) is 0.534. The largest absolute Gasteiger partial charge is 0.328 e. The predicted molar refractivity (Wildman–Crippen MR) is 35.5 cm³/mol. The summed E-state index contributed by atoms with van der Waals surface area (Å²) in [7, 11) is 0. The minimum Gasteiger partial charge on any atom is -0.328 e. The first-order valence-electron chi connectivity index (χ1n) is 3.21. The van der Waals surface area contributed by atoms with Gasteiger partial charge in [0.05, 0.1) is 0 Å². The van der Waals surface area contributed by atoms with Crippen molar-refractivity contribution in [1.29, 1.82) is 0 Å². The molecule has 0 amide bonds. The normalized spacial score (nSPS) is 29.5. The van der Waals surface area contributed by atoms with Crippen molar-refractivity contribution in [2.24, 2.45) is 11.7 Å². The van der Waals surface area contributed by atoms with Gasteiger partial charge in [-0.3, -0.25) is 0 Å². The summed E-state index contributed by atoms with van der Waals surface area (Å²) < 4.78 is 0. The molecule has 0 radical (unpaired) electrons. The smallest absolute Gasteiger partial charge is 0.00161 e. The van der Waals surface area contributed by atoms with E-state index in [1.54, 1.807) is 0 Å². The molecule has 0 fully saturated rings. The zero-order valence-corrected chi connectivity index (χ0v) is 5.30. The van der Waals surface area contributed by atoms with Crippen LogP contribution in [0.4, 0.5) is 0 Å². The van der Waals surface area contributed by atoms with Crippen molar-refractivity contribution < 1.29 is 0 Å². The third kappa shape index (κ3) is 1.34. The van der Waals surface area contributed by atoms with Crippen LogP contribution in [0.5, 0.6) is 0 Å². The van der Waals surface area contributed by atoms with E-state index in [1.807, 2.05) is 0 Å². The molecule has 1 aliphatic rings. The van der Waals surface area contributed by atoms with E-state index < -0.39 is 0 Å². The first-order valence-corrected chi connectivity index (χ1v) is 3.21. The Bertz CT molecular complexity index is 94.6. The highest BCUT2D eigenvalue weighted by Gasteiger charge is 2.10. The highest BCUT2D eigenvalue weighted by molar-refractivity contribution is 5.02. The van der Waals surface area contributed by atoms with Crippen LogP contribution in [-0.2, 0) is 0 Å². The maximum absolute atomic E-state index is 5.57. The van der Waals surface area contributed by atoms with Gasteiger partial charge < -0.3 is 5.73 Å². The molecule has 0 spiro atoms. The van der Waals surface area contributed by atoms with Crippen molar-refractivity contribution in [2.45, 2.75) is 25.8 Å². The Morgan fingerprint density at radius 1 is 1.88 bits per heavy atom. The van der Waals surface area contributed by atoms with Crippen LogP contribution in [0.1, 0.15) is 19.8 Å².